The Kier molecular flexibility index (Phi) is 4.85. The van der Waals surface area contributed by atoms with Crippen molar-refractivity contribution < 1.29 is 34.4 Å². The number of anilines is 1. The van der Waals surface area contributed by atoms with Crippen molar-refractivity contribution in [1.82, 2.24) is 0 Å². The fourth-order valence-corrected chi connectivity index (χ4v) is 4.37. The molecule has 0 aromatic heterocycles. The van der Waals surface area contributed by atoms with Crippen molar-refractivity contribution in [1.29, 1.82) is 0 Å². The number of carbonyl (C=O) groups excluding carboxylic acids is 3. The van der Waals surface area contributed by atoms with Gasteiger partial charge >= 0.3 is 0 Å². The fraction of sp³-hybridized carbons (Fsp3) is 0.240. The summed E-state index contributed by atoms with van der Waals surface area (Å²) in [7, 11) is 0. The van der Waals surface area contributed by atoms with Crippen molar-refractivity contribution in [3.63, 3.8) is 0 Å². The number of Topliss-reactive ketones (excluding diaryl/α,β-unsaturated/α-hetero) is 2. The van der Waals surface area contributed by atoms with E-state index in [1.165, 1.54) is 27.7 Å². The molecule has 8 nitrogen and oxygen atoms in total. The van der Waals surface area contributed by atoms with Gasteiger partial charge in [0.2, 0.25) is 0 Å². The van der Waals surface area contributed by atoms with Crippen LogP contribution in [-0.4, -0.2) is 32.7 Å². The smallest absolute Gasteiger partial charge is 0.194 e. The van der Waals surface area contributed by atoms with Gasteiger partial charge in [0.1, 0.15) is 39.7 Å². The highest BCUT2D eigenvalue weighted by Crippen LogP contribution is 2.57. The molecule has 33 heavy (non-hydrogen) atoms. The minimum absolute atomic E-state index is 0.0234. The van der Waals surface area contributed by atoms with E-state index in [1.54, 1.807) is 18.2 Å². The first-order valence-corrected chi connectivity index (χ1v) is 10.3. The molecule has 1 atom stereocenters. The number of ketones is 3. The Morgan fingerprint density at radius 2 is 1.73 bits per heavy atom. The minimum atomic E-state index is -1.59. The summed E-state index contributed by atoms with van der Waals surface area (Å²) in [5.41, 5.74) is -0.524. The van der Waals surface area contributed by atoms with Gasteiger partial charge in [-0.2, -0.15) is 0 Å². The molecule has 0 radical (unpaired) electrons. The van der Waals surface area contributed by atoms with Crippen molar-refractivity contribution in [3.05, 3.63) is 63.6 Å². The van der Waals surface area contributed by atoms with Crippen LogP contribution < -0.4 is 10.1 Å². The number of hydrogen-bond acceptors (Lipinski definition) is 8. The third kappa shape index (κ3) is 3.01. The minimum Gasteiger partial charge on any atom is -0.507 e. The molecule has 1 heterocycles. The van der Waals surface area contributed by atoms with E-state index < -0.39 is 28.5 Å². The Balaban J connectivity index is 1.91. The van der Waals surface area contributed by atoms with E-state index in [4.69, 9.17) is 4.74 Å². The van der Waals surface area contributed by atoms with Crippen LogP contribution in [0, 0.1) is 13.8 Å². The van der Waals surface area contributed by atoms with E-state index >= 15 is 0 Å². The molecule has 2 aromatic rings. The largest absolute Gasteiger partial charge is 0.507 e. The lowest BCUT2D eigenvalue weighted by molar-refractivity contribution is -0.123. The number of allylic oxidation sites excluding steroid dienone is 4. The van der Waals surface area contributed by atoms with Crippen molar-refractivity contribution in [2.75, 3.05) is 5.32 Å². The van der Waals surface area contributed by atoms with E-state index in [1.807, 2.05) is 6.92 Å². The van der Waals surface area contributed by atoms with Crippen LogP contribution in [0.4, 0.5) is 5.69 Å². The van der Waals surface area contributed by atoms with E-state index in [9.17, 15) is 29.7 Å². The molecule has 4 rings (SSSR count). The number of phenolic OH excluding ortho intramolecular Hbond substituents is 3. The second kappa shape index (κ2) is 7.23. The molecule has 1 aliphatic heterocycles. The molecule has 0 unspecified atom stereocenters. The van der Waals surface area contributed by atoms with Gasteiger partial charge in [0.25, 0.3) is 0 Å². The monoisotopic (exact) mass is 449 g/mol. The Morgan fingerprint density at radius 1 is 1.06 bits per heavy atom. The molecule has 0 bridgehead atoms. The highest BCUT2D eigenvalue weighted by atomic mass is 16.5. The number of phenols is 3. The van der Waals surface area contributed by atoms with Crippen LogP contribution in [-0.2, 0) is 15.0 Å². The van der Waals surface area contributed by atoms with Crippen LogP contribution in [0.1, 0.15) is 47.8 Å². The number of nitrogens with one attached hydrogen (secondary N) is 1. The summed E-state index contributed by atoms with van der Waals surface area (Å²) >= 11 is 0. The molecule has 0 saturated heterocycles. The van der Waals surface area contributed by atoms with Crippen molar-refractivity contribution in [2.24, 2.45) is 0 Å². The van der Waals surface area contributed by atoms with Gasteiger partial charge in [0.05, 0.1) is 16.8 Å². The standard InChI is InChI=1S/C25H23NO7/c1-10-6-7-14(15(28)8-10)26-12(3)18-16(29)9-17-25(5,24(18)32)20-22(31)11(2)21(30)19(13(4)27)23(20)33-17/h6-9,26,28,30-31H,1-5H3/b18-12+/t25-/m0/s1. The molecular formula is C25H23NO7. The van der Waals surface area contributed by atoms with E-state index in [0.29, 0.717) is 5.69 Å². The second-order valence-electron chi connectivity index (χ2n) is 8.53. The Hall–Kier alpha value is -4.07. The van der Waals surface area contributed by atoms with Crippen LogP contribution in [0.25, 0.3) is 0 Å². The normalized spacial score (nSPS) is 20.6. The lowest BCUT2D eigenvalue weighted by atomic mass is 9.70. The summed E-state index contributed by atoms with van der Waals surface area (Å²) in [6, 6.07) is 4.93. The highest BCUT2D eigenvalue weighted by molar-refractivity contribution is 6.31. The first-order chi connectivity index (χ1) is 15.4. The zero-order valence-corrected chi connectivity index (χ0v) is 18.8. The van der Waals surface area contributed by atoms with Gasteiger partial charge < -0.3 is 25.4 Å². The Bertz CT molecular complexity index is 1350. The van der Waals surface area contributed by atoms with Crippen molar-refractivity contribution in [2.45, 2.75) is 40.0 Å². The number of fused-ring (bicyclic) bond motifs is 3. The summed E-state index contributed by atoms with van der Waals surface area (Å²) in [5, 5.41) is 34.4. The highest BCUT2D eigenvalue weighted by Gasteiger charge is 2.56. The average Bonchev–Trinajstić information content (AvgIpc) is 3.01. The SMILES string of the molecule is CC(=O)c1c(O)c(C)c(O)c2c1OC1=CC(=O)/C(=C(/C)Nc3ccc(C)cc3O)C(=O)[C@@]12C. The van der Waals surface area contributed by atoms with Crippen LogP contribution in [0.5, 0.6) is 23.0 Å². The summed E-state index contributed by atoms with van der Waals surface area (Å²) in [4.78, 5) is 38.9. The second-order valence-corrected chi connectivity index (χ2v) is 8.53. The molecule has 0 amide bonds. The number of aryl methyl sites for hydroxylation is 1. The van der Waals surface area contributed by atoms with Gasteiger partial charge in [0, 0.05) is 17.3 Å². The summed E-state index contributed by atoms with van der Waals surface area (Å²) in [6.45, 7) is 7.50. The predicted octanol–water partition coefficient (Wildman–Crippen LogP) is 3.69. The fourth-order valence-electron chi connectivity index (χ4n) is 4.37. The van der Waals surface area contributed by atoms with Crippen molar-refractivity contribution >= 4 is 23.0 Å². The molecule has 0 fully saturated rings. The molecular weight excluding hydrogens is 426 g/mol. The van der Waals surface area contributed by atoms with Gasteiger partial charge in [-0.3, -0.25) is 14.4 Å². The number of aromatic hydroxyl groups is 3. The van der Waals surface area contributed by atoms with Gasteiger partial charge in [-0.25, -0.2) is 0 Å². The quantitative estimate of drug-likeness (QED) is 0.241. The maximum absolute atomic E-state index is 13.7. The summed E-state index contributed by atoms with van der Waals surface area (Å²) in [6.07, 6.45) is 1.15. The predicted molar refractivity (Wildman–Crippen MR) is 120 cm³/mol. The number of rotatable bonds is 3. The number of carbonyl (C=O) groups is 3. The zero-order valence-electron chi connectivity index (χ0n) is 18.8. The summed E-state index contributed by atoms with van der Waals surface area (Å²) in [5.74, 6) is -2.83. The topological polar surface area (TPSA) is 133 Å². The maximum atomic E-state index is 13.7. The lowest BCUT2D eigenvalue weighted by Gasteiger charge is -2.29. The van der Waals surface area contributed by atoms with Crippen LogP contribution >= 0.6 is 0 Å². The lowest BCUT2D eigenvalue weighted by Crippen LogP contribution is -2.40. The summed E-state index contributed by atoms with van der Waals surface area (Å²) < 4.78 is 5.74. The molecule has 170 valence electrons. The van der Waals surface area contributed by atoms with Crippen LogP contribution in [0.2, 0.25) is 0 Å². The Labute approximate surface area is 189 Å². The third-order valence-corrected chi connectivity index (χ3v) is 6.24. The first-order valence-electron chi connectivity index (χ1n) is 10.3. The molecule has 1 aliphatic carbocycles. The first kappa shape index (κ1) is 22.1. The van der Waals surface area contributed by atoms with Crippen LogP contribution in [0.15, 0.2) is 41.3 Å². The molecule has 2 aromatic carbocycles. The van der Waals surface area contributed by atoms with E-state index in [-0.39, 0.29) is 51.0 Å². The maximum Gasteiger partial charge on any atom is 0.194 e. The third-order valence-electron chi connectivity index (χ3n) is 6.24. The van der Waals surface area contributed by atoms with Gasteiger partial charge in [0.15, 0.2) is 17.3 Å². The zero-order chi connectivity index (χ0) is 24.4. The molecule has 0 saturated carbocycles. The van der Waals surface area contributed by atoms with Gasteiger partial charge in [-0.05, 0) is 52.3 Å². The number of benzene rings is 2. The Morgan fingerprint density at radius 3 is 2.33 bits per heavy atom. The van der Waals surface area contributed by atoms with E-state index in [0.717, 1.165) is 11.6 Å². The van der Waals surface area contributed by atoms with Crippen LogP contribution in [0.3, 0.4) is 0 Å². The van der Waals surface area contributed by atoms with Gasteiger partial charge in [-0.1, -0.05) is 6.07 Å². The molecule has 0 spiro atoms. The van der Waals surface area contributed by atoms with E-state index in [2.05, 4.69) is 5.32 Å². The molecule has 4 N–H and O–H groups in total. The number of hydrogen-bond donors (Lipinski definition) is 4. The average molecular weight is 449 g/mol. The molecule has 2 aliphatic rings. The van der Waals surface area contributed by atoms with Gasteiger partial charge in [-0.15, -0.1) is 0 Å². The number of ether oxygens (including phenoxy) is 1. The molecule has 8 heteroatoms. The van der Waals surface area contributed by atoms with Crippen molar-refractivity contribution in [3.8, 4) is 23.0 Å².